The lowest BCUT2D eigenvalue weighted by molar-refractivity contribution is -0.154. The SMILES string of the molecule is Cc1coc2ccc3c(c12)OC(c1ccco1)C(F)(C(=O)O)C3=O. The number of halogens is 1. The number of hydrogen-bond donors (Lipinski definition) is 1. The predicted molar refractivity (Wildman–Crippen MR) is 78.8 cm³/mol. The van der Waals surface area contributed by atoms with Crippen LogP contribution in [0, 0.1) is 6.92 Å². The third-order valence-corrected chi connectivity index (χ3v) is 4.16. The number of aliphatic carboxylic acids is 1. The van der Waals surface area contributed by atoms with Crippen molar-refractivity contribution >= 4 is 22.7 Å². The lowest BCUT2D eigenvalue weighted by Gasteiger charge is -2.33. The van der Waals surface area contributed by atoms with Gasteiger partial charge in [0.05, 0.1) is 23.5 Å². The van der Waals surface area contributed by atoms with E-state index in [9.17, 15) is 14.7 Å². The molecule has 1 aromatic carbocycles. The average molecular weight is 330 g/mol. The molecule has 7 heteroatoms. The van der Waals surface area contributed by atoms with E-state index in [2.05, 4.69) is 0 Å². The molecule has 0 amide bonds. The zero-order valence-electron chi connectivity index (χ0n) is 12.4. The maximum Gasteiger partial charge on any atom is 0.354 e. The number of aryl methyl sites for hydroxylation is 1. The lowest BCUT2D eigenvalue weighted by atomic mass is 9.84. The van der Waals surface area contributed by atoms with Gasteiger partial charge in [-0.2, -0.15) is 0 Å². The highest BCUT2D eigenvalue weighted by Crippen LogP contribution is 2.47. The van der Waals surface area contributed by atoms with Crippen LogP contribution in [-0.2, 0) is 4.79 Å². The van der Waals surface area contributed by atoms with Crippen molar-refractivity contribution in [2.45, 2.75) is 18.7 Å². The van der Waals surface area contributed by atoms with E-state index in [0.717, 1.165) is 0 Å². The molecule has 3 aromatic rings. The topological polar surface area (TPSA) is 89.9 Å². The normalized spacial score (nSPS) is 23.1. The molecule has 2 unspecified atom stereocenters. The fourth-order valence-corrected chi connectivity index (χ4v) is 2.97. The number of carbonyl (C=O) groups is 2. The summed E-state index contributed by atoms with van der Waals surface area (Å²) in [5.41, 5.74) is -2.27. The van der Waals surface area contributed by atoms with E-state index >= 15 is 4.39 Å². The Labute approximate surface area is 134 Å². The molecule has 0 bridgehead atoms. The van der Waals surface area contributed by atoms with Crippen molar-refractivity contribution in [1.82, 2.24) is 0 Å². The van der Waals surface area contributed by atoms with E-state index < -0.39 is 23.5 Å². The Morgan fingerprint density at radius 2 is 2.08 bits per heavy atom. The highest BCUT2D eigenvalue weighted by Gasteiger charge is 2.61. The zero-order valence-corrected chi connectivity index (χ0v) is 12.4. The molecule has 0 spiro atoms. The Morgan fingerprint density at radius 3 is 2.75 bits per heavy atom. The monoisotopic (exact) mass is 330 g/mol. The summed E-state index contributed by atoms with van der Waals surface area (Å²) < 4.78 is 31.4. The third-order valence-electron chi connectivity index (χ3n) is 4.16. The second-order valence-electron chi connectivity index (χ2n) is 5.59. The summed E-state index contributed by atoms with van der Waals surface area (Å²) in [6.07, 6.45) is 1.00. The number of benzene rings is 1. The fourth-order valence-electron chi connectivity index (χ4n) is 2.97. The number of fused-ring (bicyclic) bond motifs is 3. The van der Waals surface area contributed by atoms with Crippen molar-refractivity contribution < 1.29 is 32.7 Å². The minimum atomic E-state index is -3.28. The zero-order chi connectivity index (χ0) is 17.1. The predicted octanol–water partition coefficient (Wildman–Crippen LogP) is 3.44. The number of rotatable bonds is 2. The number of hydrogen-bond acceptors (Lipinski definition) is 5. The Balaban J connectivity index is 2.02. The second-order valence-corrected chi connectivity index (χ2v) is 5.59. The van der Waals surface area contributed by atoms with E-state index in [-0.39, 0.29) is 17.1 Å². The van der Waals surface area contributed by atoms with Crippen LogP contribution in [0.2, 0.25) is 0 Å². The van der Waals surface area contributed by atoms with Gasteiger partial charge in [0.2, 0.25) is 11.9 Å². The molecule has 4 rings (SSSR count). The Kier molecular flexibility index (Phi) is 2.84. The molecule has 1 aliphatic heterocycles. The molecule has 3 heterocycles. The number of alkyl halides is 1. The molecular weight excluding hydrogens is 319 g/mol. The summed E-state index contributed by atoms with van der Waals surface area (Å²) >= 11 is 0. The summed E-state index contributed by atoms with van der Waals surface area (Å²) in [5.74, 6) is -3.10. The largest absolute Gasteiger partial charge is 0.478 e. The van der Waals surface area contributed by atoms with Crippen LogP contribution < -0.4 is 4.74 Å². The van der Waals surface area contributed by atoms with Crippen LogP contribution in [0.5, 0.6) is 5.75 Å². The first-order valence-corrected chi connectivity index (χ1v) is 7.12. The van der Waals surface area contributed by atoms with E-state index in [1.807, 2.05) is 0 Å². The van der Waals surface area contributed by atoms with Gasteiger partial charge in [-0.05, 0) is 36.8 Å². The average Bonchev–Trinajstić information content (AvgIpc) is 3.20. The van der Waals surface area contributed by atoms with Crippen molar-refractivity contribution in [3.63, 3.8) is 0 Å². The molecule has 6 nitrogen and oxygen atoms in total. The van der Waals surface area contributed by atoms with Crippen molar-refractivity contribution in [3.05, 3.63) is 53.7 Å². The van der Waals surface area contributed by atoms with Gasteiger partial charge >= 0.3 is 11.6 Å². The lowest BCUT2D eigenvalue weighted by Crippen LogP contribution is -2.52. The smallest absolute Gasteiger partial charge is 0.354 e. The van der Waals surface area contributed by atoms with Gasteiger partial charge in [0, 0.05) is 0 Å². The van der Waals surface area contributed by atoms with Gasteiger partial charge in [-0.3, -0.25) is 4.79 Å². The molecule has 0 fully saturated rings. The Bertz CT molecular complexity index is 971. The number of Topliss-reactive ketones (excluding diaryl/α,β-unsaturated/α-hetero) is 1. The van der Waals surface area contributed by atoms with E-state index in [1.165, 1.54) is 36.8 Å². The second kappa shape index (κ2) is 4.70. The van der Waals surface area contributed by atoms with E-state index in [1.54, 1.807) is 6.92 Å². The minimum Gasteiger partial charge on any atom is -0.478 e. The van der Waals surface area contributed by atoms with Crippen LogP contribution in [0.15, 0.2) is 45.6 Å². The molecule has 2 aromatic heterocycles. The van der Waals surface area contributed by atoms with Gasteiger partial charge < -0.3 is 18.7 Å². The van der Waals surface area contributed by atoms with Crippen LogP contribution in [0.25, 0.3) is 11.0 Å². The fraction of sp³-hybridized carbons (Fsp3) is 0.176. The van der Waals surface area contributed by atoms with Crippen molar-refractivity contribution in [2.75, 3.05) is 0 Å². The minimum absolute atomic E-state index is 0.0861. The van der Waals surface area contributed by atoms with E-state index in [0.29, 0.717) is 16.5 Å². The molecule has 0 saturated heterocycles. The number of carbonyl (C=O) groups excluding carboxylic acids is 1. The number of carboxylic acids is 1. The molecule has 0 radical (unpaired) electrons. The van der Waals surface area contributed by atoms with Crippen LogP contribution in [-0.4, -0.2) is 22.5 Å². The Morgan fingerprint density at radius 1 is 1.29 bits per heavy atom. The first kappa shape index (κ1) is 14.5. The summed E-state index contributed by atoms with van der Waals surface area (Å²) in [5, 5.41) is 9.86. The number of ketones is 1. The van der Waals surface area contributed by atoms with Crippen molar-refractivity contribution in [2.24, 2.45) is 0 Å². The molecule has 0 saturated carbocycles. The molecular formula is C17H11FO6. The van der Waals surface area contributed by atoms with Gasteiger partial charge in [0.15, 0.2) is 0 Å². The van der Waals surface area contributed by atoms with E-state index in [4.69, 9.17) is 13.6 Å². The summed E-state index contributed by atoms with van der Waals surface area (Å²) in [6.45, 7) is 1.75. The first-order chi connectivity index (χ1) is 11.4. The van der Waals surface area contributed by atoms with Gasteiger partial charge in [0.25, 0.3) is 0 Å². The summed E-state index contributed by atoms with van der Waals surface area (Å²) in [4.78, 5) is 24.2. The Hall–Kier alpha value is -3.09. The highest BCUT2D eigenvalue weighted by molar-refractivity contribution is 6.19. The van der Waals surface area contributed by atoms with Crippen LogP contribution in [0.3, 0.4) is 0 Å². The molecule has 0 aliphatic carbocycles. The number of furan rings is 2. The third kappa shape index (κ3) is 1.69. The molecule has 24 heavy (non-hydrogen) atoms. The van der Waals surface area contributed by atoms with Crippen molar-refractivity contribution in [3.8, 4) is 5.75 Å². The van der Waals surface area contributed by atoms with Gasteiger partial charge in [-0.15, -0.1) is 0 Å². The molecule has 2 atom stereocenters. The summed E-state index contributed by atoms with van der Waals surface area (Å²) in [7, 11) is 0. The van der Waals surface area contributed by atoms with Gasteiger partial charge in [0.1, 0.15) is 17.1 Å². The summed E-state index contributed by atoms with van der Waals surface area (Å²) in [6, 6.07) is 5.61. The van der Waals surface area contributed by atoms with Crippen molar-refractivity contribution in [1.29, 1.82) is 0 Å². The maximum absolute atomic E-state index is 15.3. The standard InChI is InChI=1S/C17H11FO6/c1-8-7-23-10-5-4-9-13(12(8)10)24-15(11-3-2-6-22-11)17(18,14(9)19)16(20)21/h2-7,15H,1H3,(H,20,21). The molecule has 122 valence electrons. The van der Waals surface area contributed by atoms with Crippen LogP contribution in [0.4, 0.5) is 4.39 Å². The first-order valence-electron chi connectivity index (χ1n) is 7.12. The number of ether oxygens (including phenoxy) is 1. The van der Waals surface area contributed by atoms with Crippen LogP contribution >= 0.6 is 0 Å². The van der Waals surface area contributed by atoms with Gasteiger partial charge in [-0.25, -0.2) is 9.18 Å². The molecule has 1 aliphatic rings. The molecule has 1 N–H and O–H groups in total. The number of carboxylic acid groups (broad SMARTS) is 1. The highest BCUT2D eigenvalue weighted by atomic mass is 19.1. The van der Waals surface area contributed by atoms with Crippen LogP contribution in [0.1, 0.15) is 27.8 Å². The maximum atomic E-state index is 15.3. The quantitative estimate of drug-likeness (QED) is 0.724. The van der Waals surface area contributed by atoms with Gasteiger partial charge in [-0.1, -0.05) is 0 Å².